The Balaban J connectivity index is 2.06. The first-order chi connectivity index (χ1) is 10.2. The highest BCUT2D eigenvalue weighted by atomic mass is 16.4. The number of aromatic nitrogens is 1. The first kappa shape index (κ1) is 14.8. The van der Waals surface area contributed by atoms with Crippen molar-refractivity contribution in [3.05, 3.63) is 47.5 Å². The van der Waals surface area contributed by atoms with Crippen molar-refractivity contribution >= 4 is 18.0 Å². The van der Waals surface area contributed by atoms with Crippen molar-refractivity contribution in [2.45, 2.75) is 0 Å². The summed E-state index contributed by atoms with van der Waals surface area (Å²) in [5, 5.41) is 12.2. The van der Waals surface area contributed by atoms with Crippen LogP contribution in [0.3, 0.4) is 0 Å². The first-order valence-corrected chi connectivity index (χ1v) is 6.71. The molecule has 0 bridgehead atoms. The number of oxazole rings is 1. The molecule has 21 heavy (non-hydrogen) atoms. The van der Waals surface area contributed by atoms with E-state index >= 15 is 0 Å². The van der Waals surface area contributed by atoms with Crippen LogP contribution in [0.2, 0.25) is 0 Å². The standard InChI is InChI=1S/C16H18N4O/c1-20(2)11-10-18-16-14(12-17)19-15(21-16)9-8-13-6-4-3-5-7-13/h3-9,18H,10-11H2,1-2H3/b9-8+. The molecule has 0 saturated carbocycles. The van der Waals surface area contributed by atoms with Gasteiger partial charge in [-0.1, -0.05) is 30.3 Å². The summed E-state index contributed by atoms with van der Waals surface area (Å²) in [6.45, 7) is 1.54. The van der Waals surface area contributed by atoms with Crippen LogP contribution in [0.4, 0.5) is 5.88 Å². The fraction of sp³-hybridized carbons (Fsp3) is 0.250. The van der Waals surface area contributed by atoms with Crippen molar-refractivity contribution in [1.82, 2.24) is 9.88 Å². The second-order valence-corrected chi connectivity index (χ2v) is 4.82. The zero-order valence-corrected chi connectivity index (χ0v) is 12.2. The summed E-state index contributed by atoms with van der Waals surface area (Å²) in [4.78, 5) is 6.20. The molecule has 2 rings (SSSR count). The van der Waals surface area contributed by atoms with Gasteiger partial charge < -0.3 is 14.6 Å². The highest BCUT2D eigenvalue weighted by Crippen LogP contribution is 2.18. The molecule has 2 aromatic rings. The molecule has 1 aromatic heterocycles. The number of nitriles is 1. The molecule has 0 aliphatic rings. The maximum absolute atomic E-state index is 9.08. The normalized spacial score (nSPS) is 11.0. The largest absolute Gasteiger partial charge is 0.420 e. The van der Waals surface area contributed by atoms with E-state index in [2.05, 4.69) is 10.3 Å². The van der Waals surface area contributed by atoms with Gasteiger partial charge in [-0.15, -0.1) is 0 Å². The quantitative estimate of drug-likeness (QED) is 0.882. The van der Waals surface area contributed by atoms with E-state index in [1.807, 2.05) is 61.5 Å². The van der Waals surface area contributed by atoms with Gasteiger partial charge in [0.05, 0.1) is 0 Å². The molecule has 5 heteroatoms. The van der Waals surface area contributed by atoms with Gasteiger partial charge in [0.2, 0.25) is 17.5 Å². The number of rotatable bonds is 6. The zero-order chi connectivity index (χ0) is 15.1. The fourth-order valence-electron chi connectivity index (χ4n) is 1.73. The molecule has 5 nitrogen and oxygen atoms in total. The average molecular weight is 282 g/mol. The van der Waals surface area contributed by atoms with Crippen LogP contribution in [0, 0.1) is 11.3 Å². The second-order valence-electron chi connectivity index (χ2n) is 4.82. The van der Waals surface area contributed by atoms with Gasteiger partial charge in [-0.05, 0) is 25.7 Å². The monoisotopic (exact) mass is 282 g/mol. The van der Waals surface area contributed by atoms with Crippen molar-refractivity contribution in [2.24, 2.45) is 0 Å². The van der Waals surface area contributed by atoms with Crippen LogP contribution in [0.25, 0.3) is 12.2 Å². The Bertz CT molecular complexity index is 638. The third-order valence-electron chi connectivity index (χ3n) is 2.81. The molecule has 0 saturated heterocycles. The number of benzene rings is 1. The van der Waals surface area contributed by atoms with E-state index in [-0.39, 0.29) is 5.69 Å². The maximum atomic E-state index is 9.08. The molecule has 0 fully saturated rings. The Morgan fingerprint density at radius 3 is 2.71 bits per heavy atom. The van der Waals surface area contributed by atoms with Crippen molar-refractivity contribution in [3.8, 4) is 6.07 Å². The van der Waals surface area contributed by atoms with E-state index in [1.54, 1.807) is 6.08 Å². The average Bonchev–Trinajstić information content (AvgIpc) is 2.88. The van der Waals surface area contributed by atoms with E-state index in [4.69, 9.17) is 9.68 Å². The fourth-order valence-corrected chi connectivity index (χ4v) is 1.73. The Hall–Kier alpha value is -2.58. The Kier molecular flexibility index (Phi) is 5.13. The number of nitrogens with zero attached hydrogens (tertiary/aromatic N) is 3. The lowest BCUT2D eigenvalue weighted by molar-refractivity contribution is 0.422. The molecule has 0 aliphatic carbocycles. The van der Waals surface area contributed by atoms with Gasteiger partial charge in [0.15, 0.2) is 0 Å². The van der Waals surface area contributed by atoms with Gasteiger partial charge >= 0.3 is 0 Å². The zero-order valence-electron chi connectivity index (χ0n) is 12.2. The summed E-state index contributed by atoms with van der Waals surface area (Å²) >= 11 is 0. The smallest absolute Gasteiger partial charge is 0.232 e. The van der Waals surface area contributed by atoms with E-state index in [1.165, 1.54) is 0 Å². The first-order valence-electron chi connectivity index (χ1n) is 6.71. The molecule has 1 heterocycles. The van der Waals surface area contributed by atoms with E-state index in [0.29, 0.717) is 18.3 Å². The van der Waals surface area contributed by atoms with Crippen molar-refractivity contribution in [2.75, 3.05) is 32.5 Å². The predicted molar refractivity (Wildman–Crippen MR) is 83.6 cm³/mol. The topological polar surface area (TPSA) is 65.1 Å². The highest BCUT2D eigenvalue weighted by molar-refractivity contribution is 5.67. The van der Waals surface area contributed by atoms with Crippen molar-refractivity contribution in [3.63, 3.8) is 0 Å². The third-order valence-corrected chi connectivity index (χ3v) is 2.81. The van der Waals surface area contributed by atoms with E-state index in [9.17, 15) is 0 Å². The van der Waals surface area contributed by atoms with E-state index < -0.39 is 0 Å². The van der Waals surface area contributed by atoms with Gasteiger partial charge in [-0.3, -0.25) is 0 Å². The van der Waals surface area contributed by atoms with Gasteiger partial charge in [-0.25, -0.2) is 0 Å². The van der Waals surface area contributed by atoms with Crippen LogP contribution < -0.4 is 5.32 Å². The molecular formula is C16H18N4O. The van der Waals surface area contributed by atoms with Crippen LogP contribution in [0.5, 0.6) is 0 Å². The summed E-state index contributed by atoms with van der Waals surface area (Å²) in [6.07, 6.45) is 3.66. The van der Waals surface area contributed by atoms with Crippen molar-refractivity contribution < 1.29 is 4.42 Å². The molecule has 0 aliphatic heterocycles. The highest BCUT2D eigenvalue weighted by Gasteiger charge is 2.10. The van der Waals surface area contributed by atoms with Gasteiger partial charge in [0, 0.05) is 19.2 Å². The van der Waals surface area contributed by atoms with Gasteiger partial charge in [0.1, 0.15) is 6.07 Å². The Morgan fingerprint density at radius 1 is 1.29 bits per heavy atom. The number of anilines is 1. The number of hydrogen-bond acceptors (Lipinski definition) is 5. The molecule has 0 unspecified atom stereocenters. The van der Waals surface area contributed by atoms with Crippen LogP contribution in [-0.4, -0.2) is 37.1 Å². The van der Waals surface area contributed by atoms with Gasteiger partial charge in [0.25, 0.3) is 0 Å². The maximum Gasteiger partial charge on any atom is 0.232 e. The van der Waals surface area contributed by atoms with Crippen LogP contribution in [0.1, 0.15) is 17.1 Å². The molecule has 0 atom stereocenters. The summed E-state index contributed by atoms with van der Waals surface area (Å²) in [5.74, 6) is 0.842. The summed E-state index contributed by atoms with van der Waals surface area (Å²) in [7, 11) is 3.97. The Morgan fingerprint density at radius 2 is 2.05 bits per heavy atom. The van der Waals surface area contributed by atoms with Crippen molar-refractivity contribution in [1.29, 1.82) is 5.26 Å². The molecule has 0 amide bonds. The lowest BCUT2D eigenvalue weighted by Gasteiger charge is -2.09. The molecular weight excluding hydrogens is 264 g/mol. The summed E-state index contributed by atoms with van der Waals surface area (Å²) < 4.78 is 5.56. The minimum atomic E-state index is 0.279. The minimum absolute atomic E-state index is 0.279. The third kappa shape index (κ3) is 4.48. The Labute approximate surface area is 124 Å². The summed E-state index contributed by atoms with van der Waals surface area (Å²) in [6, 6.07) is 11.9. The van der Waals surface area contributed by atoms with Crippen LogP contribution in [0.15, 0.2) is 34.7 Å². The lowest BCUT2D eigenvalue weighted by atomic mass is 10.2. The molecule has 0 spiro atoms. The number of likely N-dealkylation sites (N-methyl/N-ethyl adjacent to an activating group) is 1. The number of hydrogen-bond donors (Lipinski definition) is 1. The van der Waals surface area contributed by atoms with Gasteiger partial charge in [-0.2, -0.15) is 10.2 Å². The minimum Gasteiger partial charge on any atom is -0.420 e. The molecule has 0 radical (unpaired) electrons. The molecule has 1 aromatic carbocycles. The van der Waals surface area contributed by atoms with Crippen LogP contribution in [-0.2, 0) is 0 Å². The van der Waals surface area contributed by atoms with Crippen LogP contribution >= 0.6 is 0 Å². The predicted octanol–water partition coefficient (Wildman–Crippen LogP) is 2.69. The SMILES string of the molecule is CN(C)CCNc1oc(/C=C/c2ccccc2)nc1C#N. The number of nitrogens with one attached hydrogen (secondary N) is 1. The van der Waals surface area contributed by atoms with E-state index in [0.717, 1.165) is 12.1 Å². The molecule has 1 N–H and O–H groups in total. The molecule has 108 valence electrons. The second kappa shape index (κ2) is 7.27. The summed E-state index contributed by atoms with van der Waals surface area (Å²) in [5.41, 5.74) is 1.33. The lowest BCUT2D eigenvalue weighted by Crippen LogP contribution is -2.20.